The van der Waals surface area contributed by atoms with Crippen LogP contribution in [0, 0.1) is 0 Å². The molecule has 2 N–H and O–H groups in total. The molecule has 6 heteroatoms. The fourth-order valence-corrected chi connectivity index (χ4v) is 2.69. The number of aliphatic carboxylic acids is 1. The first kappa shape index (κ1) is 23.9. The lowest BCUT2D eigenvalue weighted by atomic mass is 10.1. The normalized spacial score (nSPS) is 10.8. The number of aliphatic hydroxyl groups excluding tert-OH is 1. The van der Waals surface area contributed by atoms with E-state index < -0.39 is 5.97 Å². The Morgan fingerprint density at radius 2 is 1.48 bits per heavy atom. The number of carboxylic acids is 1. The lowest BCUT2D eigenvalue weighted by molar-refractivity contribution is -0.137. The number of rotatable bonds is 18. The fourth-order valence-electron chi connectivity index (χ4n) is 2.69. The Morgan fingerprint density at radius 1 is 0.840 bits per heavy atom. The van der Waals surface area contributed by atoms with Crippen molar-refractivity contribution in [3.63, 3.8) is 0 Å². The number of nitrogens with zero attached hydrogens (tertiary/aromatic N) is 1. The highest BCUT2D eigenvalue weighted by Gasteiger charge is 2.13. The summed E-state index contributed by atoms with van der Waals surface area (Å²) in [6.07, 6.45) is 10.4. The van der Waals surface area contributed by atoms with E-state index in [2.05, 4.69) is 6.92 Å². The second-order valence-electron chi connectivity index (χ2n) is 6.44. The van der Waals surface area contributed by atoms with Gasteiger partial charge in [-0.15, -0.1) is 0 Å². The van der Waals surface area contributed by atoms with Crippen LogP contribution in [-0.2, 0) is 14.3 Å². The molecule has 0 fully saturated rings. The molecule has 0 aliphatic heterocycles. The molecule has 0 aliphatic rings. The summed E-state index contributed by atoms with van der Waals surface area (Å²) in [5, 5.41) is 17.4. The maximum absolute atomic E-state index is 12.3. The Bertz CT molecular complexity index is 336. The lowest BCUT2D eigenvalue weighted by Gasteiger charge is -2.22. The van der Waals surface area contributed by atoms with Crippen LogP contribution in [0.25, 0.3) is 0 Å². The molecule has 0 aromatic carbocycles. The van der Waals surface area contributed by atoms with Gasteiger partial charge in [0.2, 0.25) is 5.91 Å². The van der Waals surface area contributed by atoms with Crippen LogP contribution in [0.2, 0.25) is 0 Å². The summed E-state index contributed by atoms with van der Waals surface area (Å²) in [6, 6.07) is 0. The molecule has 0 saturated carbocycles. The summed E-state index contributed by atoms with van der Waals surface area (Å²) in [5.41, 5.74) is 0. The molecule has 0 atom stereocenters. The summed E-state index contributed by atoms with van der Waals surface area (Å²) < 4.78 is 5.25. The first-order valence-corrected chi connectivity index (χ1v) is 9.80. The van der Waals surface area contributed by atoms with Crippen LogP contribution in [-0.4, -0.2) is 59.9 Å². The van der Waals surface area contributed by atoms with Gasteiger partial charge in [0.1, 0.15) is 0 Å². The van der Waals surface area contributed by atoms with Crippen molar-refractivity contribution >= 4 is 11.9 Å². The summed E-state index contributed by atoms with van der Waals surface area (Å²) in [4.78, 5) is 24.6. The number of carboxylic acid groups (broad SMARTS) is 1. The minimum Gasteiger partial charge on any atom is -0.481 e. The standard InChI is InChI=1S/C19H37NO5/c1-2-3-4-5-6-7-8-9-13-20(14-16-25-17-15-21)18(22)11-10-12-19(23)24/h21H,2-17H2,1H3,(H,23,24). The number of unbranched alkanes of at least 4 members (excludes halogenated alkanes) is 7. The summed E-state index contributed by atoms with van der Waals surface area (Å²) >= 11 is 0. The largest absolute Gasteiger partial charge is 0.481 e. The van der Waals surface area contributed by atoms with Gasteiger partial charge in [-0.25, -0.2) is 0 Å². The zero-order valence-corrected chi connectivity index (χ0v) is 15.9. The highest BCUT2D eigenvalue weighted by Crippen LogP contribution is 2.10. The van der Waals surface area contributed by atoms with E-state index in [9.17, 15) is 9.59 Å². The molecule has 0 spiro atoms. The van der Waals surface area contributed by atoms with Crippen LogP contribution in [0.3, 0.4) is 0 Å². The van der Waals surface area contributed by atoms with E-state index in [1.807, 2.05) is 0 Å². The smallest absolute Gasteiger partial charge is 0.303 e. The average Bonchev–Trinajstić information content (AvgIpc) is 2.58. The van der Waals surface area contributed by atoms with E-state index in [-0.39, 0.29) is 32.0 Å². The van der Waals surface area contributed by atoms with Crippen molar-refractivity contribution in [3.05, 3.63) is 0 Å². The van der Waals surface area contributed by atoms with Crippen LogP contribution in [0.1, 0.15) is 77.6 Å². The van der Waals surface area contributed by atoms with Crippen molar-refractivity contribution in [2.24, 2.45) is 0 Å². The predicted molar refractivity (Wildman–Crippen MR) is 98.6 cm³/mol. The topological polar surface area (TPSA) is 87.1 Å². The van der Waals surface area contributed by atoms with Crippen LogP contribution in [0.4, 0.5) is 0 Å². The van der Waals surface area contributed by atoms with Crippen molar-refractivity contribution < 1.29 is 24.5 Å². The molecular weight excluding hydrogens is 322 g/mol. The van der Waals surface area contributed by atoms with Crippen LogP contribution < -0.4 is 0 Å². The molecule has 1 amide bonds. The minimum atomic E-state index is -0.867. The summed E-state index contributed by atoms with van der Waals surface area (Å²) in [5.74, 6) is -0.870. The van der Waals surface area contributed by atoms with Crippen LogP contribution >= 0.6 is 0 Å². The van der Waals surface area contributed by atoms with Crippen molar-refractivity contribution in [1.82, 2.24) is 4.90 Å². The number of aliphatic hydroxyl groups is 1. The third kappa shape index (κ3) is 16.1. The Hall–Kier alpha value is -1.14. The summed E-state index contributed by atoms with van der Waals surface area (Å²) in [7, 11) is 0. The Kier molecular flexibility index (Phi) is 16.9. The first-order chi connectivity index (χ1) is 12.1. The van der Waals surface area contributed by atoms with E-state index >= 15 is 0 Å². The number of hydrogen-bond acceptors (Lipinski definition) is 4. The highest BCUT2D eigenvalue weighted by molar-refractivity contribution is 5.77. The van der Waals surface area contributed by atoms with Crippen molar-refractivity contribution in [2.75, 3.05) is 32.9 Å². The minimum absolute atomic E-state index is 0.00297. The van der Waals surface area contributed by atoms with Gasteiger partial charge in [-0.1, -0.05) is 51.9 Å². The monoisotopic (exact) mass is 359 g/mol. The molecule has 0 bridgehead atoms. The third-order valence-electron chi connectivity index (χ3n) is 4.16. The van der Waals surface area contributed by atoms with E-state index in [4.69, 9.17) is 14.9 Å². The van der Waals surface area contributed by atoms with Gasteiger partial charge in [0, 0.05) is 25.9 Å². The van der Waals surface area contributed by atoms with Gasteiger partial charge in [-0.05, 0) is 12.8 Å². The van der Waals surface area contributed by atoms with Crippen LogP contribution in [0.5, 0.6) is 0 Å². The van der Waals surface area contributed by atoms with Crippen molar-refractivity contribution in [3.8, 4) is 0 Å². The molecular formula is C19H37NO5. The lowest BCUT2D eigenvalue weighted by Crippen LogP contribution is -2.35. The van der Waals surface area contributed by atoms with Gasteiger partial charge < -0.3 is 19.8 Å². The maximum atomic E-state index is 12.3. The molecule has 0 radical (unpaired) electrons. The Morgan fingerprint density at radius 3 is 2.08 bits per heavy atom. The fraction of sp³-hybridized carbons (Fsp3) is 0.895. The molecule has 25 heavy (non-hydrogen) atoms. The molecule has 0 unspecified atom stereocenters. The Labute approximate surface area is 152 Å². The zero-order valence-electron chi connectivity index (χ0n) is 15.9. The molecule has 148 valence electrons. The number of carbonyl (C=O) groups is 2. The Balaban J connectivity index is 3.98. The molecule has 0 rings (SSSR count). The number of ether oxygens (including phenoxy) is 1. The van der Waals surface area contributed by atoms with Gasteiger partial charge in [-0.3, -0.25) is 9.59 Å². The predicted octanol–water partition coefficient (Wildman–Crippen LogP) is 3.22. The van der Waals surface area contributed by atoms with Gasteiger partial charge in [0.25, 0.3) is 0 Å². The van der Waals surface area contributed by atoms with E-state index in [1.165, 1.54) is 38.5 Å². The molecule has 6 nitrogen and oxygen atoms in total. The summed E-state index contributed by atoms with van der Waals surface area (Å²) in [6.45, 7) is 4.07. The van der Waals surface area contributed by atoms with E-state index in [0.717, 1.165) is 12.8 Å². The molecule has 0 aromatic rings. The average molecular weight is 360 g/mol. The molecule has 0 aromatic heterocycles. The van der Waals surface area contributed by atoms with Gasteiger partial charge in [-0.2, -0.15) is 0 Å². The maximum Gasteiger partial charge on any atom is 0.303 e. The molecule has 0 saturated heterocycles. The van der Waals surface area contributed by atoms with E-state index in [0.29, 0.717) is 26.1 Å². The quantitative estimate of drug-likeness (QED) is 0.367. The second-order valence-corrected chi connectivity index (χ2v) is 6.44. The zero-order chi connectivity index (χ0) is 18.8. The number of amides is 1. The molecule has 0 aliphatic carbocycles. The number of hydrogen-bond donors (Lipinski definition) is 2. The van der Waals surface area contributed by atoms with E-state index in [1.54, 1.807) is 4.90 Å². The van der Waals surface area contributed by atoms with Gasteiger partial charge in [0.15, 0.2) is 0 Å². The SMILES string of the molecule is CCCCCCCCCCN(CCOCCO)C(=O)CCCC(=O)O. The first-order valence-electron chi connectivity index (χ1n) is 9.80. The third-order valence-corrected chi connectivity index (χ3v) is 4.16. The van der Waals surface area contributed by atoms with Crippen molar-refractivity contribution in [2.45, 2.75) is 77.6 Å². The van der Waals surface area contributed by atoms with Crippen LogP contribution in [0.15, 0.2) is 0 Å². The van der Waals surface area contributed by atoms with Crippen molar-refractivity contribution in [1.29, 1.82) is 0 Å². The van der Waals surface area contributed by atoms with Gasteiger partial charge in [0.05, 0.1) is 19.8 Å². The highest BCUT2D eigenvalue weighted by atomic mass is 16.5. The number of carbonyl (C=O) groups excluding carboxylic acids is 1. The van der Waals surface area contributed by atoms with Gasteiger partial charge >= 0.3 is 5.97 Å². The molecule has 0 heterocycles. The second kappa shape index (κ2) is 17.7.